The molecule has 1 aromatic rings. The van der Waals surface area contributed by atoms with Gasteiger partial charge in [0.15, 0.2) is 12.0 Å². The molecular weight excluding hydrogens is 224 g/mol. The van der Waals surface area contributed by atoms with Crippen LogP contribution in [0, 0.1) is 21.4 Å². The van der Waals surface area contributed by atoms with Crippen LogP contribution in [0.5, 0.6) is 0 Å². The quantitative estimate of drug-likeness (QED) is 0.443. The van der Waals surface area contributed by atoms with Gasteiger partial charge in [-0.05, 0) is 0 Å². The van der Waals surface area contributed by atoms with Crippen molar-refractivity contribution >= 4 is 12.0 Å². The van der Waals surface area contributed by atoms with Crippen molar-refractivity contribution in [3.63, 3.8) is 0 Å². The molecule has 82 valence electrons. The molecule has 0 fully saturated rings. The number of nitriles is 1. The molecule has 0 aliphatic heterocycles. The number of halogens is 2. The molecule has 0 bridgehead atoms. The van der Waals surface area contributed by atoms with E-state index in [-0.39, 0.29) is 6.29 Å². The zero-order chi connectivity index (χ0) is 12.3. The van der Waals surface area contributed by atoms with Crippen LogP contribution in [0.3, 0.4) is 0 Å². The second kappa shape index (κ2) is 4.39. The van der Waals surface area contributed by atoms with Gasteiger partial charge < -0.3 is 0 Å². The summed E-state index contributed by atoms with van der Waals surface area (Å²) in [6.07, 6.45) is -3.10. The van der Waals surface area contributed by atoms with Crippen LogP contribution in [-0.2, 0) is 0 Å². The molecule has 0 spiro atoms. The Bertz CT molecular complexity index is 496. The van der Waals surface area contributed by atoms with Gasteiger partial charge >= 0.3 is 0 Å². The zero-order valence-electron chi connectivity index (χ0n) is 7.55. The summed E-state index contributed by atoms with van der Waals surface area (Å²) in [6.45, 7) is 0. The minimum absolute atomic E-state index is 0.0914. The molecule has 8 heteroatoms. The van der Waals surface area contributed by atoms with E-state index in [4.69, 9.17) is 5.26 Å². The van der Waals surface area contributed by atoms with Gasteiger partial charge in [-0.2, -0.15) is 5.26 Å². The predicted molar refractivity (Wildman–Crippen MR) is 46.0 cm³/mol. The second-order valence-corrected chi connectivity index (χ2v) is 2.61. The van der Waals surface area contributed by atoms with Crippen LogP contribution in [0.2, 0.25) is 0 Å². The van der Waals surface area contributed by atoms with Crippen molar-refractivity contribution in [1.29, 1.82) is 5.26 Å². The summed E-state index contributed by atoms with van der Waals surface area (Å²) < 4.78 is 24.7. The van der Waals surface area contributed by atoms with E-state index in [0.717, 1.165) is 0 Å². The number of aromatic nitrogens is 1. The molecule has 6 nitrogen and oxygen atoms in total. The van der Waals surface area contributed by atoms with Crippen molar-refractivity contribution in [3.8, 4) is 6.07 Å². The lowest BCUT2D eigenvalue weighted by Gasteiger charge is -2.02. The van der Waals surface area contributed by atoms with Gasteiger partial charge in [-0.1, -0.05) is 0 Å². The number of carbonyl (C=O) groups is 1. The first-order valence-corrected chi connectivity index (χ1v) is 3.84. The largest absolute Gasteiger partial charge is 0.298 e. The fourth-order valence-corrected chi connectivity index (χ4v) is 1.02. The monoisotopic (exact) mass is 227 g/mol. The lowest BCUT2D eigenvalue weighted by molar-refractivity contribution is -0.386. The number of rotatable bonds is 3. The maximum absolute atomic E-state index is 12.4. The topological polar surface area (TPSA) is 96.9 Å². The molecule has 0 aliphatic carbocycles. The standard InChI is InChI=1S/C8H3F2N3O3/c9-8(10)7-6(13(15)16)1-4(2-11)5(3-14)12-7/h1,3,8H. The number of carbonyl (C=O) groups excluding carboxylic acids is 1. The highest BCUT2D eigenvalue weighted by Crippen LogP contribution is 2.28. The fraction of sp³-hybridized carbons (Fsp3) is 0.125. The number of aldehydes is 1. The summed E-state index contributed by atoms with van der Waals surface area (Å²) in [7, 11) is 0. The van der Waals surface area contributed by atoms with Gasteiger partial charge in [-0.3, -0.25) is 14.9 Å². The van der Waals surface area contributed by atoms with Crippen molar-refractivity contribution < 1.29 is 18.5 Å². The van der Waals surface area contributed by atoms with Crippen LogP contribution < -0.4 is 0 Å². The van der Waals surface area contributed by atoms with Crippen molar-refractivity contribution in [3.05, 3.63) is 33.1 Å². The summed E-state index contributed by atoms with van der Waals surface area (Å²) in [6, 6.07) is 2.07. The molecule has 0 amide bonds. The van der Waals surface area contributed by atoms with E-state index in [1.54, 1.807) is 0 Å². The van der Waals surface area contributed by atoms with E-state index in [1.165, 1.54) is 6.07 Å². The normalized spacial score (nSPS) is 9.88. The van der Waals surface area contributed by atoms with E-state index in [0.29, 0.717) is 6.07 Å². The van der Waals surface area contributed by atoms with Crippen LogP contribution in [0.25, 0.3) is 0 Å². The third-order valence-corrected chi connectivity index (χ3v) is 1.70. The molecule has 1 rings (SSSR count). The minimum Gasteiger partial charge on any atom is -0.296 e. The van der Waals surface area contributed by atoms with Gasteiger partial charge in [0, 0.05) is 6.07 Å². The third kappa shape index (κ3) is 1.98. The van der Waals surface area contributed by atoms with Crippen molar-refractivity contribution in [2.24, 2.45) is 0 Å². The molecule has 0 aromatic carbocycles. The molecule has 0 aliphatic rings. The number of nitrogens with zero attached hydrogens (tertiary/aromatic N) is 3. The summed E-state index contributed by atoms with van der Waals surface area (Å²) in [4.78, 5) is 22.9. The first-order chi connectivity index (χ1) is 7.51. The highest BCUT2D eigenvalue weighted by Gasteiger charge is 2.26. The van der Waals surface area contributed by atoms with E-state index in [1.807, 2.05) is 0 Å². The third-order valence-electron chi connectivity index (χ3n) is 1.70. The molecule has 1 aromatic heterocycles. The Balaban J connectivity index is 3.55. The molecule has 16 heavy (non-hydrogen) atoms. The first kappa shape index (κ1) is 11.6. The summed E-state index contributed by atoms with van der Waals surface area (Å²) >= 11 is 0. The molecule has 0 saturated heterocycles. The molecule has 0 radical (unpaired) electrons. The Kier molecular flexibility index (Phi) is 3.20. The number of alkyl halides is 2. The van der Waals surface area contributed by atoms with Gasteiger partial charge in [0.2, 0.25) is 0 Å². The van der Waals surface area contributed by atoms with E-state index in [9.17, 15) is 23.7 Å². The van der Waals surface area contributed by atoms with Crippen molar-refractivity contribution in [2.75, 3.05) is 0 Å². The molecular formula is C8H3F2N3O3. The lowest BCUT2D eigenvalue weighted by Crippen LogP contribution is -2.04. The summed E-state index contributed by atoms with van der Waals surface area (Å²) in [5.74, 6) is 0. The van der Waals surface area contributed by atoms with Gasteiger partial charge in [0.1, 0.15) is 11.8 Å². The van der Waals surface area contributed by atoms with Crippen LogP contribution in [0.15, 0.2) is 6.07 Å². The summed E-state index contributed by atoms with van der Waals surface area (Å²) in [5.41, 5.74) is -3.04. The van der Waals surface area contributed by atoms with Crippen molar-refractivity contribution in [1.82, 2.24) is 4.98 Å². The van der Waals surface area contributed by atoms with E-state index in [2.05, 4.69) is 4.98 Å². The van der Waals surface area contributed by atoms with Crippen LogP contribution in [-0.4, -0.2) is 16.2 Å². The van der Waals surface area contributed by atoms with Gasteiger partial charge in [0.05, 0.1) is 10.5 Å². The maximum atomic E-state index is 12.4. The fourth-order valence-electron chi connectivity index (χ4n) is 1.02. The molecule has 0 saturated carbocycles. The first-order valence-electron chi connectivity index (χ1n) is 3.84. The molecule has 1 heterocycles. The SMILES string of the molecule is N#Cc1cc([N+](=O)[O-])c(C(F)F)nc1C=O. The van der Waals surface area contributed by atoms with Gasteiger partial charge in [-0.25, -0.2) is 13.8 Å². The van der Waals surface area contributed by atoms with Crippen LogP contribution in [0.4, 0.5) is 14.5 Å². The highest BCUT2D eigenvalue weighted by molar-refractivity contribution is 5.77. The van der Waals surface area contributed by atoms with Gasteiger partial charge in [0.25, 0.3) is 12.1 Å². The summed E-state index contributed by atoms with van der Waals surface area (Å²) in [5, 5.41) is 19.0. The maximum Gasteiger partial charge on any atom is 0.298 e. The van der Waals surface area contributed by atoms with Crippen LogP contribution >= 0.6 is 0 Å². The number of pyridine rings is 1. The van der Waals surface area contributed by atoms with Crippen LogP contribution in [0.1, 0.15) is 28.2 Å². The minimum atomic E-state index is -3.19. The zero-order valence-corrected chi connectivity index (χ0v) is 7.55. The number of hydrogen-bond acceptors (Lipinski definition) is 5. The molecule has 0 atom stereocenters. The second-order valence-electron chi connectivity index (χ2n) is 2.61. The van der Waals surface area contributed by atoms with Crippen molar-refractivity contribution in [2.45, 2.75) is 6.43 Å². The molecule has 0 N–H and O–H groups in total. The van der Waals surface area contributed by atoms with E-state index >= 15 is 0 Å². The Labute approximate surface area is 87.3 Å². The highest BCUT2D eigenvalue weighted by atomic mass is 19.3. The Morgan fingerprint density at radius 2 is 2.25 bits per heavy atom. The Morgan fingerprint density at radius 3 is 2.62 bits per heavy atom. The molecule has 0 unspecified atom stereocenters. The van der Waals surface area contributed by atoms with E-state index < -0.39 is 34.0 Å². The predicted octanol–water partition coefficient (Wildman–Crippen LogP) is 1.61. The smallest absolute Gasteiger partial charge is 0.296 e. The number of hydrogen-bond donors (Lipinski definition) is 0. The Hall–Kier alpha value is -2.43. The Morgan fingerprint density at radius 1 is 1.62 bits per heavy atom. The average Bonchev–Trinajstić information content (AvgIpc) is 2.26. The average molecular weight is 227 g/mol. The lowest BCUT2D eigenvalue weighted by atomic mass is 10.1. The number of nitro groups is 1. The van der Waals surface area contributed by atoms with Gasteiger partial charge in [-0.15, -0.1) is 0 Å².